The second-order valence-electron chi connectivity index (χ2n) is 3.72. The Labute approximate surface area is 91.6 Å². The molecule has 0 saturated carbocycles. The molecule has 15 heavy (non-hydrogen) atoms. The molecular weight excluding hydrogens is 194 g/mol. The molecule has 0 rings (SSSR count). The summed E-state index contributed by atoms with van der Waals surface area (Å²) >= 11 is 0. The van der Waals surface area contributed by atoms with E-state index in [0.29, 0.717) is 13.2 Å². The number of esters is 1. The van der Waals surface area contributed by atoms with Gasteiger partial charge >= 0.3 is 5.97 Å². The van der Waals surface area contributed by atoms with Gasteiger partial charge in [0.05, 0.1) is 6.61 Å². The van der Waals surface area contributed by atoms with E-state index in [2.05, 4.69) is 0 Å². The van der Waals surface area contributed by atoms with Gasteiger partial charge in [-0.1, -0.05) is 20.8 Å². The van der Waals surface area contributed by atoms with Crippen LogP contribution >= 0.6 is 0 Å². The van der Waals surface area contributed by atoms with Gasteiger partial charge < -0.3 is 9.64 Å². The van der Waals surface area contributed by atoms with E-state index in [4.69, 9.17) is 4.74 Å². The minimum atomic E-state index is -0.333. The van der Waals surface area contributed by atoms with Gasteiger partial charge in [0.1, 0.15) is 6.54 Å². The van der Waals surface area contributed by atoms with E-state index in [0.717, 1.165) is 6.42 Å². The SMILES string of the molecule is CCCN(CC(=O)OCC)C(=O)C(C)C. The van der Waals surface area contributed by atoms with Crippen LogP contribution in [0.2, 0.25) is 0 Å². The Balaban J connectivity index is 4.26. The molecule has 4 nitrogen and oxygen atoms in total. The summed E-state index contributed by atoms with van der Waals surface area (Å²) in [6.45, 7) is 8.42. The van der Waals surface area contributed by atoms with E-state index < -0.39 is 0 Å². The zero-order valence-electron chi connectivity index (χ0n) is 10.1. The zero-order valence-corrected chi connectivity index (χ0v) is 10.1. The quantitative estimate of drug-likeness (QED) is 0.630. The molecule has 0 N–H and O–H groups in total. The Hall–Kier alpha value is -1.06. The molecule has 0 aromatic rings. The van der Waals surface area contributed by atoms with Gasteiger partial charge in [0.15, 0.2) is 0 Å². The Bertz CT molecular complexity index is 214. The molecule has 0 aromatic heterocycles. The van der Waals surface area contributed by atoms with Gasteiger partial charge in [-0.25, -0.2) is 0 Å². The van der Waals surface area contributed by atoms with Crippen molar-refractivity contribution in [3.05, 3.63) is 0 Å². The summed E-state index contributed by atoms with van der Waals surface area (Å²) in [4.78, 5) is 24.5. The lowest BCUT2D eigenvalue weighted by atomic mass is 10.2. The standard InChI is InChI=1S/C11H21NO3/c1-5-7-12(11(14)9(3)4)8-10(13)15-6-2/h9H,5-8H2,1-4H3. The highest BCUT2D eigenvalue weighted by molar-refractivity contribution is 5.83. The molecule has 4 heteroatoms. The van der Waals surface area contributed by atoms with Gasteiger partial charge in [-0.05, 0) is 13.3 Å². The van der Waals surface area contributed by atoms with E-state index in [-0.39, 0.29) is 24.3 Å². The number of ether oxygens (including phenoxy) is 1. The first-order valence-corrected chi connectivity index (χ1v) is 5.47. The monoisotopic (exact) mass is 215 g/mol. The molecule has 0 aliphatic rings. The summed E-state index contributed by atoms with van der Waals surface area (Å²) in [5, 5.41) is 0. The minimum Gasteiger partial charge on any atom is -0.465 e. The number of carbonyl (C=O) groups is 2. The van der Waals surface area contributed by atoms with Crippen LogP contribution in [0.25, 0.3) is 0 Å². The molecule has 0 aliphatic heterocycles. The topological polar surface area (TPSA) is 46.6 Å². The lowest BCUT2D eigenvalue weighted by Crippen LogP contribution is -2.39. The van der Waals surface area contributed by atoms with Gasteiger partial charge in [0.25, 0.3) is 0 Å². The molecule has 0 unspecified atom stereocenters. The summed E-state index contributed by atoms with van der Waals surface area (Å²) in [6, 6.07) is 0. The minimum absolute atomic E-state index is 0.00454. The molecule has 0 spiro atoms. The van der Waals surface area contributed by atoms with Crippen LogP contribution in [0.4, 0.5) is 0 Å². The lowest BCUT2D eigenvalue weighted by Gasteiger charge is -2.22. The van der Waals surface area contributed by atoms with Crippen LogP contribution in [0.15, 0.2) is 0 Å². The van der Waals surface area contributed by atoms with E-state index >= 15 is 0 Å². The predicted molar refractivity (Wildman–Crippen MR) is 58.3 cm³/mol. The van der Waals surface area contributed by atoms with E-state index in [9.17, 15) is 9.59 Å². The summed E-state index contributed by atoms with van der Waals surface area (Å²) in [7, 11) is 0. The molecule has 0 aliphatic carbocycles. The largest absolute Gasteiger partial charge is 0.465 e. The first-order valence-electron chi connectivity index (χ1n) is 5.47. The molecule has 0 bridgehead atoms. The van der Waals surface area contributed by atoms with Gasteiger partial charge in [-0.15, -0.1) is 0 Å². The van der Waals surface area contributed by atoms with Crippen molar-refractivity contribution in [1.29, 1.82) is 0 Å². The van der Waals surface area contributed by atoms with E-state index in [1.807, 2.05) is 20.8 Å². The predicted octanol–water partition coefficient (Wildman–Crippen LogP) is 1.44. The third-order valence-corrected chi connectivity index (χ3v) is 1.92. The summed E-state index contributed by atoms with van der Waals surface area (Å²) < 4.78 is 4.82. The maximum absolute atomic E-state index is 11.7. The maximum atomic E-state index is 11.7. The fourth-order valence-electron chi connectivity index (χ4n) is 1.26. The average molecular weight is 215 g/mol. The average Bonchev–Trinajstić information content (AvgIpc) is 2.16. The molecule has 0 heterocycles. The summed E-state index contributed by atoms with van der Waals surface area (Å²) in [5.41, 5.74) is 0. The Morgan fingerprint density at radius 2 is 1.87 bits per heavy atom. The zero-order chi connectivity index (χ0) is 11.8. The molecule has 88 valence electrons. The van der Waals surface area contributed by atoms with Crippen LogP contribution in [0, 0.1) is 5.92 Å². The van der Waals surface area contributed by atoms with Crippen LogP contribution in [-0.4, -0.2) is 36.5 Å². The van der Waals surface area contributed by atoms with Crippen molar-refractivity contribution in [1.82, 2.24) is 4.90 Å². The molecule has 0 fully saturated rings. The maximum Gasteiger partial charge on any atom is 0.325 e. The van der Waals surface area contributed by atoms with Crippen LogP contribution in [-0.2, 0) is 14.3 Å². The number of hydrogen-bond acceptors (Lipinski definition) is 3. The second kappa shape index (κ2) is 7.26. The van der Waals surface area contributed by atoms with Crippen molar-refractivity contribution < 1.29 is 14.3 Å². The van der Waals surface area contributed by atoms with Crippen LogP contribution in [0.5, 0.6) is 0 Å². The van der Waals surface area contributed by atoms with Crippen molar-refractivity contribution >= 4 is 11.9 Å². The molecule has 0 atom stereocenters. The molecule has 0 radical (unpaired) electrons. The third kappa shape index (κ3) is 5.40. The van der Waals surface area contributed by atoms with Crippen molar-refractivity contribution in [3.8, 4) is 0 Å². The van der Waals surface area contributed by atoms with Gasteiger partial charge in [0.2, 0.25) is 5.91 Å². The lowest BCUT2D eigenvalue weighted by molar-refractivity contribution is -0.149. The molecule has 0 saturated heterocycles. The van der Waals surface area contributed by atoms with Crippen LogP contribution < -0.4 is 0 Å². The number of amides is 1. The normalized spacial score (nSPS) is 10.2. The smallest absolute Gasteiger partial charge is 0.325 e. The van der Waals surface area contributed by atoms with Crippen molar-refractivity contribution in [2.24, 2.45) is 5.92 Å². The van der Waals surface area contributed by atoms with Crippen LogP contribution in [0.3, 0.4) is 0 Å². The number of nitrogens with zero attached hydrogens (tertiary/aromatic N) is 1. The van der Waals surface area contributed by atoms with E-state index in [1.165, 1.54) is 0 Å². The van der Waals surface area contributed by atoms with Gasteiger partial charge in [-0.2, -0.15) is 0 Å². The number of rotatable bonds is 6. The Morgan fingerprint density at radius 3 is 2.27 bits per heavy atom. The fraction of sp³-hybridized carbons (Fsp3) is 0.818. The molecule has 1 amide bonds. The van der Waals surface area contributed by atoms with Crippen molar-refractivity contribution in [2.75, 3.05) is 19.7 Å². The fourth-order valence-corrected chi connectivity index (χ4v) is 1.26. The van der Waals surface area contributed by atoms with E-state index in [1.54, 1.807) is 11.8 Å². The first-order chi connectivity index (χ1) is 7.02. The van der Waals surface area contributed by atoms with Gasteiger partial charge in [0, 0.05) is 12.5 Å². The van der Waals surface area contributed by atoms with Crippen molar-refractivity contribution in [3.63, 3.8) is 0 Å². The first kappa shape index (κ1) is 13.9. The molecule has 0 aromatic carbocycles. The molecular formula is C11H21NO3. The highest BCUT2D eigenvalue weighted by Gasteiger charge is 2.19. The summed E-state index contributed by atoms with van der Waals surface area (Å²) in [6.07, 6.45) is 0.845. The second-order valence-corrected chi connectivity index (χ2v) is 3.72. The van der Waals surface area contributed by atoms with Gasteiger partial charge in [-0.3, -0.25) is 9.59 Å². The van der Waals surface area contributed by atoms with Crippen molar-refractivity contribution in [2.45, 2.75) is 34.1 Å². The Kier molecular flexibility index (Phi) is 6.75. The number of carbonyl (C=O) groups excluding carboxylic acids is 2. The highest BCUT2D eigenvalue weighted by atomic mass is 16.5. The number of hydrogen-bond donors (Lipinski definition) is 0. The highest BCUT2D eigenvalue weighted by Crippen LogP contribution is 2.02. The third-order valence-electron chi connectivity index (χ3n) is 1.92. The summed E-state index contributed by atoms with van der Waals surface area (Å²) in [5.74, 6) is -0.407. The van der Waals surface area contributed by atoms with Crippen LogP contribution in [0.1, 0.15) is 34.1 Å². The Morgan fingerprint density at radius 1 is 1.27 bits per heavy atom.